The van der Waals surface area contributed by atoms with Gasteiger partial charge in [0, 0.05) is 26.8 Å². The van der Waals surface area contributed by atoms with Crippen molar-refractivity contribution in [2.45, 2.75) is 4.90 Å². The van der Waals surface area contributed by atoms with Crippen LogP contribution in [0.4, 0.5) is 5.69 Å². The highest BCUT2D eigenvalue weighted by atomic mass is 32.2. The molecule has 0 spiro atoms. The van der Waals surface area contributed by atoms with Gasteiger partial charge in [0.25, 0.3) is 5.91 Å². The molecule has 10 heteroatoms. The van der Waals surface area contributed by atoms with Gasteiger partial charge in [0.05, 0.1) is 4.90 Å². The van der Waals surface area contributed by atoms with Gasteiger partial charge >= 0.3 is 0 Å². The molecule has 0 saturated carbocycles. The third-order valence-corrected chi connectivity index (χ3v) is 5.80. The second kappa shape index (κ2) is 7.33. The topological polar surface area (TPSA) is 97.6 Å². The van der Waals surface area contributed by atoms with Crippen LogP contribution in [-0.4, -0.2) is 61.5 Å². The highest BCUT2D eigenvalue weighted by molar-refractivity contribution is 7.89. The Hall–Kier alpha value is -2.98. The summed E-state index contributed by atoms with van der Waals surface area (Å²) in [6, 6.07) is 13.5. The van der Waals surface area contributed by atoms with Crippen molar-refractivity contribution in [3.8, 4) is 0 Å². The lowest BCUT2D eigenvalue weighted by Gasteiger charge is -2.17. The lowest BCUT2D eigenvalue weighted by Crippen LogP contribution is -2.33. The zero-order valence-corrected chi connectivity index (χ0v) is 15.9. The SMILES string of the molecule is CN(C(=O)COn1nnc2ccc(S(=O)(=O)N(C)C)cc21)c1ccccc1. The van der Waals surface area contributed by atoms with E-state index in [9.17, 15) is 13.2 Å². The highest BCUT2D eigenvalue weighted by Crippen LogP contribution is 2.19. The van der Waals surface area contributed by atoms with Crippen LogP contribution in [0.1, 0.15) is 0 Å². The minimum absolute atomic E-state index is 0.0832. The first-order chi connectivity index (χ1) is 12.8. The van der Waals surface area contributed by atoms with Crippen LogP contribution in [0, 0.1) is 0 Å². The number of rotatable bonds is 6. The maximum Gasteiger partial charge on any atom is 0.267 e. The van der Waals surface area contributed by atoms with Crippen molar-refractivity contribution >= 4 is 32.7 Å². The normalized spacial score (nSPS) is 11.7. The predicted octanol–water partition coefficient (Wildman–Crippen LogP) is 0.773. The second-order valence-corrected chi connectivity index (χ2v) is 8.11. The van der Waals surface area contributed by atoms with Gasteiger partial charge in [-0.25, -0.2) is 12.7 Å². The average molecular weight is 389 g/mol. The fourth-order valence-electron chi connectivity index (χ4n) is 2.35. The summed E-state index contributed by atoms with van der Waals surface area (Å²) in [5.41, 5.74) is 1.54. The first-order valence-corrected chi connectivity index (χ1v) is 9.47. The van der Waals surface area contributed by atoms with Crippen LogP contribution in [0.2, 0.25) is 0 Å². The quantitative estimate of drug-likeness (QED) is 0.618. The van der Waals surface area contributed by atoms with Gasteiger partial charge in [0.1, 0.15) is 11.0 Å². The Morgan fingerprint density at radius 2 is 1.81 bits per heavy atom. The summed E-state index contributed by atoms with van der Waals surface area (Å²) in [4.78, 5) is 20.4. The van der Waals surface area contributed by atoms with E-state index in [-0.39, 0.29) is 17.4 Å². The minimum Gasteiger partial charge on any atom is -0.385 e. The fraction of sp³-hybridized carbons (Fsp3) is 0.235. The van der Waals surface area contributed by atoms with Gasteiger partial charge in [-0.3, -0.25) is 4.79 Å². The number of para-hydroxylation sites is 1. The average Bonchev–Trinajstić information content (AvgIpc) is 3.08. The van der Waals surface area contributed by atoms with Crippen LogP contribution >= 0.6 is 0 Å². The van der Waals surface area contributed by atoms with Crippen LogP contribution in [-0.2, 0) is 14.8 Å². The third-order valence-electron chi connectivity index (χ3n) is 3.99. The number of amides is 1. The van der Waals surface area contributed by atoms with Gasteiger partial charge in [0.15, 0.2) is 6.61 Å². The van der Waals surface area contributed by atoms with Gasteiger partial charge < -0.3 is 9.74 Å². The van der Waals surface area contributed by atoms with Crippen LogP contribution < -0.4 is 9.74 Å². The zero-order valence-electron chi connectivity index (χ0n) is 15.1. The molecule has 0 unspecified atom stereocenters. The largest absolute Gasteiger partial charge is 0.385 e. The van der Waals surface area contributed by atoms with Crippen LogP contribution in [0.15, 0.2) is 53.4 Å². The Labute approximate surface area is 156 Å². The van der Waals surface area contributed by atoms with Crippen molar-refractivity contribution in [3.05, 3.63) is 48.5 Å². The van der Waals surface area contributed by atoms with E-state index in [4.69, 9.17) is 4.84 Å². The lowest BCUT2D eigenvalue weighted by atomic mass is 10.3. The molecule has 0 aliphatic carbocycles. The molecule has 2 aromatic carbocycles. The highest BCUT2D eigenvalue weighted by Gasteiger charge is 2.20. The second-order valence-electron chi connectivity index (χ2n) is 5.96. The first-order valence-electron chi connectivity index (χ1n) is 8.03. The minimum atomic E-state index is -3.61. The molecule has 0 aliphatic heterocycles. The number of nitrogens with zero attached hydrogens (tertiary/aromatic N) is 5. The van der Waals surface area contributed by atoms with Crippen molar-refractivity contribution in [1.82, 2.24) is 19.5 Å². The number of likely N-dealkylation sites (N-methyl/N-ethyl adjacent to an activating group) is 1. The smallest absolute Gasteiger partial charge is 0.267 e. The molecule has 0 fully saturated rings. The molecule has 0 bridgehead atoms. The number of carbonyl (C=O) groups excluding carboxylic acids is 1. The maximum atomic E-state index is 12.3. The molecule has 0 radical (unpaired) electrons. The molecule has 142 valence electrons. The Balaban J connectivity index is 1.80. The van der Waals surface area contributed by atoms with Gasteiger partial charge in [0.2, 0.25) is 10.0 Å². The van der Waals surface area contributed by atoms with Crippen molar-refractivity contribution in [1.29, 1.82) is 0 Å². The van der Waals surface area contributed by atoms with Crippen LogP contribution in [0.5, 0.6) is 0 Å². The summed E-state index contributed by atoms with van der Waals surface area (Å²) in [6.45, 7) is -0.283. The Morgan fingerprint density at radius 3 is 2.48 bits per heavy atom. The van der Waals surface area contributed by atoms with Gasteiger partial charge in [-0.1, -0.05) is 23.0 Å². The first kappa shape index (κ1) is 18.8. The van der Waals surface area contributed by atoms with Crippen molar-refractivity contribution in [3.63, 3.8) is 0 Å². The standard InChI is InChI=1S/C17H19N5O4S/c1-20(2)27(24,25)14-9-10-15-16(11-14)22(19-18-15)26-12-17(23)21(3)13-7-5-4-6-8-13/h4-11H,12H2,1-3H3. The van der Waals surface area contributed by atoms with Gasteiger partial charge in [-0.2, -0.15) is 0 Å². The van der Waals surface area contributed by atoms with Gasteiger partial charge in [-0.15, -0.1) is 5.10 Å². The summed E-state index contributed by atoms with van der Waals surface area (Å²) in [6.07, 6.45) is 0. The number of carbonyl (C=O) groups is 1. The lowest BCUT2D eigenvalue weighted by molar-refractivity contribution is -0.123. The van der Waals surface area contributed by atoms with E-state index >= 15 is 0 Å². The molecule has 0 atom stereocenters. The van der Waals surface area contributed by atoms with E-state index in [0.717, 1.165) is 14.8 Å². The molecule has 1 heterocycles. The molecule has 0 N–H and O–H groups in total. The van der Waals surface area contributed by atoms with E-state index in [1.165, 1.54) is 37.2 Å². The van der Waals surface area contributed by atoms with Crippen molar-refractivity contribution < 1.29 is 18.0 Å². The van der Waals surface area contributed by atoms with Gasteiger partial charge in [-0.05, 0) is 35.5 Å². The predicted molar refractivity (Wildman–Crippen MR) is 99.7 cm³/mol. The number of anilines is 1. The number of hydrogen-bond donors (Lipinski definition) is 0. The van der Waals surface area contributed by atoms with E-state index in [1.807, 2.05) is 18.2 Å². The van der Waals surface area contributed by atoms with E-state index in [0.29, 0.717) is 11.0 Å². The van der Waals surface area contributed by atoms with E-state index in [1.54, 1.807) is 19.2 Å². The third kappa shape index (κ3) is 3.76. The number of aromatic nitrogens is 3. The molecule has 1 aromatic heterocycles. The molecule has 3 rings (SSSR count). The van der Waals surface area contributed by atoms with Crippen molar-refractivity contribution in [2.75, 3.05) is 32.6 Å². The number of fused-ring (bicyclic) bond motifs is 1. The Morgan fingerprint density at radius 1 is 1.11 bits per heavy atom. The summed E-state index contributed by atoms with van der Waals surface area (Å²) in [7, 11) is 0.927. The van der Waals surface area contributed by atoms with Crippen LogP contribution in [0.25, 0.3) is 11.0 Å². The summed E-state index contributed by atoms with van der Waals surface area (Å²) in [5, 5.41) is 7.75. The molecule has 9 nitrogen and oxygen atoms in total. The van der Waals surface area contributed by atoms with Crippen molar-refractivity contribution in [2.24, 2.45) is 0 Å². The molecule has 27 heavy (non-hydrogen) atoms. The molecular weight excluding hydrogens is 370 g/mol. The monoisotopic (exact) mass is 389 g/mol. The Kier molecular flexibility index (Phi) is 5.10. The number of sulfonamides is 1. The summed E-state index contributed by atoms with van der Waals surface area (Å²) in [5.74, 6) is -0.290. The molecule has 0 saturated heterocycles. The summed E-state index contributed by atoms with van der Waals surface area (Å²) < 4.78 is 25.7. The fourth-order valence-corrected chi connectivity index (χ4v) is 3.28. The molecule has 0 aliphatic rings. The van der Waals surface area contributed by atoms with E-state index < -0.39 is 10.0 Å². The van der Waals surface area contributed by atoms with Crippen LogP contribution in [0.3, 0.4) is 0 Å². The summed E-state index contributed by atoms with van der Waals surface area (Å²) >= 11 is 0. The molecule has 1 amide bonds. The maximum absolute atomic E-state index is 12.3. The molecular formula is C17H19N5O4S. The zero-order chi connectivity index (χ0) is 19.6. The molecule has 3 aromatic rings. The number of benzene rings is 2. The number of hydrogen-bond acceptors (Lipinski definition) is 6. The van der Waals surface area contributed by atoms with E-state index in [2.05, 4.69) is 10.3 Å². The Bertz CT molecular complexity index is 1060.